The minimum absolute atomic E-state index is 0.0372. The molecule has 0 atom stereocenters. The summed E-state index contributed by atoms with van der Waals surface area (Å²) in [4.78, 5) is 38.9. The van der Waals surface area contributed by atoms with E-state index < -0.39 is 9.85 Å². The van der Waals surface area contributed by atoms with Crippen LogP contribution in [0.25, 0.3) is 68.6 Å². The van der Waals surface area contributed by atoms with Gasteiger partial charge in [0, 0.05) is 57.5 Å². The molecule has 7 rings (SSSR count). The molecule has 0 unspecified atom stereocenters. The summed E-state index contributed by atoms with van der Waals surface area (Å²) in [5, 5.41) is 23.2. The van der Waals surface area contributed by atoms with Crippen LogP contribution in [0.5, 0.6) is 0 Å². The quantitative estimate of drug-likeness (QED) is 0.168. The second-order valence-corrected chi connectivity index (χ2v) is 9.82. The smallest absolute Gasteiger partial charge is 0.270 e. The number of nitro groups is 2. The van der Waals surface area contributed by atoms with Crippen molar-refractivity contribution in [2.45, 2.75) is 0 Å². The van der Waals surface area contributed by atoms with Gasteiger partial charge in [-0.05, 0) is 71.8 Å². The number of nitro benzene ring substituents is 2. The van der Waals surface area contributed by atoms with Crippen LogP contribution >= 0.6 is 0 Å². The fourth-order valence-electron chi connectivity index (χ4n) is 5.23. The van der Waals surface area contributed by atoms with Gasteiger partial charge in [-0.2, -0.15) is 0 Å². The molecule has 2 aromatic carbocycles. The Morgan fingerprint density at radius 2 is 1.02 bits per heavy atom. The molecule has 42 heavy (non-hydrogen) atoms. The first-order chi connectivity index (χ1) is 20.4. The Labute approximate surface area is 237 Å². The molecule has 0 aliphatic carbocycles. The van der Waals surface area contributed by atoms with Gasteiger partial charge in [0.2, 0.25) is 0 Å². The van der Waals surface area contributed by atoms with Crippen molar-refractivity contribution in [3.63, 3.8) is 0 Å². The summed E-state index contributed by atoms with van der Waals surface area (Å²) in [6, 6.07) is 24.4. The number of nitrogens with one attached hydrogen (secondary N) is 2. The highest BCUT2D eigenvalue weighted by Gasteiger charge is 2.17. The molecule has 0 saturated carbocycles. The molecule has 2 aliphatic rings. The monoisotopic (exact) mass is 552 g/mol. The van der Waals surface area contributed by atoms with Gasteiger partial charge >= 0.3 is 0 Å². The Morgan fingerprint density at radius 1 is 0.548 bits per heavy atom. The number of benzene rings is 2. The lowest BCUT2D eigenvalue weighted by molar-refractivity contribution is -0.385. The topological polar surface area (TPSA) is 144 Å². The molecule has 5 heterocycles. The molecule has 0 saturated heterocycles. The van der Waals surface area contributed by atoms with Crippen molar-refractivity contribution >= 4 is 57.7 Å². The molecule has 8 bridgehead atoms. The Bertz CT molecular complexity index is 2020. The van der Waals surface area contributed by atoms with Crippen molar-refractivity contribution < 1.29 is 9.85 Å². The van der Waals surface area contributed by atoms with Crippen LogP contribution in [0.15, 0.2) is 84.9 Å². The van der Waals surface area contributed by atoms with Gasteiger partial charge in [-0.1, -0.05) is 24.3 Å². The lowest BCUT2D eigenvalue weighted by Crippen LogP contribution is -1.91. The Kier molecular flexibility index (Phi) is 5.79. The number of aromatic amines is 2. The van der Waals surface area contributed by atoms with Gasteiger partial charge in [0.25, 0.3) is 11.4 Å². The summed E-state index contributed by atoms with van der Waals surface area (Å²) in [6.45, 7) is 0. The van der Waals surface area contributed by atoms with E-state index in [-0.39, 0.29) is 11.4 Å². The van der Waals surface area contributed by atoms with Gasteiger partial charge in [0.05, 0.1) is 32.6 Å². The zero-order chi connectivity index (χ0) is 28.8. The SMILES string of the molecule is O=[N+]([O-])c1cccc(-c2c3nc(cc4ccc(cc5nc(c(-c6cccc([N+](=O)[O-])c6)c6ccc2[nH]6)C=C5)[nH]4)C=C3)c1. The van der Waals surface area contributed by atoms with E-state index in [1.807, 2.05) is 72.8 Å². The standard InChI is InChI=1S/C32H20N6O4/c39-37(40)25-5-1-3-19(15-25)31-27-11-9-23(34-27)17-21-7-8-22(33-21)18-24-10-12-28(35-24)32(30-14-13-29(31)36-30)20-4-2-6-26(16-20)38(41)42/h1-18,33,36H. The minimum Gasteiger partial charge on any atom is -0.355 e. The second kappa shape index (κ2) is 9.79. The van der Waals surface area contributed by atoms with Crippen LogP contribution in [-0.4, -0.2) is 29.8 Å². The third kappa shape index (κ3) is 4.52. The lowest BCUT2D eigenvalue weighted by atomic mass is 10.0. The molecule has 0 radical (unpaired) electrons. The van der Waals surface area contributed by atoms with Crippen molar-refractivity contribution in [3.8, 4) is 22.3 Å². The Balaban J connectivity index is 1.62. The highest BCUT2D eigenvalue weighted by Crippen LogP contribution is 2.35. The summed E-state index contributed by atoms with van der Waals surface area (Å²) in [5.74, 6) is 0. The maximum Gasteiger partial charge on any atom is 0.270 e. The molecule has 3 aromatic heterocycles. The van der Waals surface area contributed by atoms with Crippen LogP contribution < -0.4 is 0 Å². The highest BCUT2D eigenvalue weighted by molar-refractivity contribution is 5.95. The summed E-state index contributed by atoms with van der Waals surface area (Å²) in [5.41, 5.74) is 8.26. The van der Waals surface area contributed by atoms with Crippen LogP contribution in [0.2, 0.25) is 0 Å². The van der Waals surface area contributed by atoms with E-state index in [1.165, 1.54) is 24.3 Å². The van der Waals surface area contributed by atoms with Gasteiger partial charge in [0.15, 0.2) is 0 Å². The van der Waals surface area contributed by atoms with Crippen molar-refractivity contribution in [3.05, 3.63) is 128 Å². The maximum absolute atomic E-state index is 11.6. The fraction of sp³-hybridized carbons (Fsp3) is 0. The number of hydrogen-bond acceptors (Lipinski definition) is 6. The average Bonchev–Trinajstić information content (AvgIpc) is 3.80. The van der Waals surface area contributed by atoms with Crippen molar-refractivity contribution in [1.82, 2.24) is 19.9 Å². The Morgan fingerprint density at radius 3 is 1.48 bits per heavy atom. The zero-order valence-electron chi connectivity index (χ0n) is 21.8. The number of hydrogen-bond donors (Lipinski definition) is 2. The lowest BCUT2D eigenvalue weighted by Gasteiger charge is -2.05. The minimum atomic E-state index is -0.427. The average molecular weight is 553 g/mol. The van der Waals surface area contributed by atoms with Crippen molar-refractivity contribution in [2.75, 3.05) is 0 Å². The first kappa shape index (κ1) is 24.9. The summed E-state index contributed by atoms with van der Waals surface area (Å²) >= 11 is 0. The van der Waals surface area contributed by atoms with Crippen LogP contribution in [0, 0.1) is 20.2 Å². The van der Waals surface area contributed by atoms with E-state index in [4.69, 9.17) is 9.97 Å². The van der Waals surface area contributed by atoms with E-state index in [2.05, 4.69) is 9.97 Å². The molecule has 2 N–H and O–H groups in total. The van der Waals surface area contributed by atoms with E-state index in [0.717, 1.165) is 22.4 Å². The first-order valence-electron chi connectivity index (χ1n) is 13.0. The van der Waals surface area contributed by atoms with Gasteiger partial charge in [-0.25, -0.2) is 9.97 Å². The molecule has 2 aliphatic heterocycles. The van der Waals surface area contributed by atoms with Crippen LogP contribution in [0.1, 0.15) is 22.8 Å². The molecule has 10 heteroatoms. The molecule has 10 nitrogen and oxygen atoms in total. The van der Waals surface area contributed by atoms with E-state index in [9.17, 15) is 20.2 Å². The molecule has 5 aromatic rings. The number of aromatic nitrogens is 4. The third-order valence-corrected chi connectivity index (χ3v) is 7.09. The third-order valence-electron chi connectivity index (χ3n) is 7.09. The number of rotatable bonds is 4. The fourth-order valence-corrected chi connectivity index (χ4v) is 5.23. The number of H-pyrrole nitrogens is 2. The molecule has 0 amide bonds. The second-order valence-electron chi connectivity index (χ2n) is 9.82. The number of non-ortho nitro benzene ring substituents is 2. The van der Waals surface area contributed by atoms with Gasteiger partial charge in [0.1, 0.15) is 0 Å². The Hall–Kier alpha value is -6.16. The number of fused-ring (bicyclic) bond motifs is 8. The van der Waals surface area contributed by atoms with E-state index >= 15 is 0 Å². The highest BCUT2D eigenvalue weighted by atomic mass is 16.6. The predicted molar refractivity (Wildman–Crippen MR) is 163 cm³/mol. The largest absolute Gasteiger partial charge is 0.355 e. The van der Waals surface area contributed by atoms with Gasteiger partial charge in [-0.3, -0.25) is 20.2 Å². The molecule has 0 spiro atoms. The molecular formula is C32H20N6O4. The summed E-state index contributed by atoms with van der Waals surface area (Å²) in [7, 11) is 0. The van der Waals surface area contributed by atoms with Gasteiger partial charge in [-0.15, -0.1) is 0 Å². The zero-order valence-corrected chi connectivity index (χ0v) is 21.8. The van der Waals surface area contributed by atoms with E-state index in [1.54, 1.807) is 12.1 Å². The molecule has 0 fully saturated rings. The maximum atomic E-state index is 11.6. The molecular weight excluding hydrogens is 532 g/mol. The predicted octanol–water partition coefficient (Wildman–Crippen LogP) is 7.81. The van der Waals surface area contributed by atoms with Crippen LogP contribution in [0.4, 0.5) is 11.4 Å². The first-order valence-corrected chi connectivity index (χ1v) is 13.0. The van der Waals surface area contributed by atoms with E-state index in [0.29, 0.717) is 44.7 Å². The summed E-state index contributed by atoms with van der Waals surface area (Å²) in [6.07, 6.45) is 7.54. The van der Waals surface area contributed by atoms with Gasteiger partial charge < -0.3 is 9.97 Å². The van der Waals surface area contributed by atoms with Crippen molar-refractivity contribution in [2.24, 2.45) is 0 Å². The van der Waals surface area contributed by atoms with Crippen LogP contribution in [-0.2, 0) is 0 Å². The number of nitrogens with zero attached hydrogens (tertiary/aromatic N) is 4. The molecule has 202 valence electrons. The summed E-state index contributed by atoms with van der Waals surface area (Å²) < 4.78 is 0. The normalized spacial score (nSPS) is 12.0. The van der Waals surface area contributed by atoms with Crippen molar-refractivity contribution in [1.29, 1.82) is 0 Å². The van der Waals surface area contributed by atoms with Crippen LogP contribution in [0.3, 0.4) is 0 Å².